The van der Waals surface area contributed by atoms with Crippen LogP contribution in [0.5, 0.6) is 5.75 Å². The van der Waals surface area contributed by atoms with Gasteiger partial charge in [-0.25, -0.2) is 5.43 Å². The number of rotatable bonds is 3. The maximum absolute atomic E-state index is 11.9. The number of phenols is 1. The largest absolute Gasteiger partial charge is 0.508 e. The maximum Gasteiger partial charge on any atom is 0.272 e. The van der Waals surface area contributed by atoms with E-state index in [2.05, 4.69) is 10.5 Å². The van der Waals surface area contributed by atoms with Crippen LogP contribution in [0.2, 0.25) is 10.0 Å². The summed E-state index contributed by atoms with van der Waals surface area (Å²) in [5.41, 5.74) is 3.34. The van der Waals surface area contributed by atoms with Gasteiger partial charge in [-0.1, -0.05) is 23.2 Å². The Hall–Kier alpha value is -2.04. The number of hydrazone groups is 1. The predicted octanol–water partition coefficient (Wildman–Crippen LogP) is 3.46. The van der Waals surface area contributed by atoms with Crippen molar-refractivity contribution in [2.45, 2.75) is 0 Å². The number of amides is 1. The van der Waals surface area contributed by atoms with Gasteiger partial charge in [0.2, 0.25) is 0 Å². The third kappa shape index (κ3) is 3.73. The van der Waals surface area contributed by atoms with Gasteiger partial charge in [-0.3, -0.25) is 4.79 Å². The molecule has 1 amide bonds. The lowest BCUT2D eigenvalue weighted by Gasteiger charge is -2.03. The second kappa shape index (κ2) is 6.41. The smallest absolute Gasteiger partial charge is 0.272 e. The highest BCUT2D eigenvalue weighted by atomic mass is 35.5. The van der Waals surface area contributed by atoms with E-state index in [1.807, 2.05) is 0 Å². The number of halogens is 2. The van der Waals surface area contributed by atoms with Gasteiger partial charge in [0.15, 0.2) is 0 Å². The third-order valence-electron chi connectivity index (χ3n) is 2.45. The van der Waals surface area contributed by atoms with Crippen molar-refractivity contribution in [2.24, 2.45) is 5.10 Å². The molecule has 0 heterocycles. The molecule has 0 aliphatic rings. The molecule has 2 aromatic rings. The van der Waals surface area contributed by atoms with E-state index in [0.717, 1.165) is 5.56 Å². The summed E-state index contributed by atoms with van der Waals surface area (Å²) >= 11 is 11.7. The molecule has 0 spiro atoms. The van der Waals surface area contributed by atoms with Crippen molar-refractivity contribution in [3.05, 3.63) is 63.6 Å². The van der Waals surface area contributed by atoms with E-state index in [-0.39, 0.29) is 11.3 Å². The van der Waals surface area contributed by atoms with Gasteiger partial charge in [0.1, 0.15) is 5.75 Å². The second-order valence-electron chi connectivity index (χ2n) is 3.91. The van der Waals surface area contributed by atoms with Crippen molar-refractivity contribution in [3.63, 3.8) is 0 Å². The fourth-order valence-electron chi connectivity index (χ4n) is 1.46. The summed E-state index contributed by atoms with van der Waals surface area (Å²) in [6.07, 6.45) is 1.45. The molecule has 0 aliphatic carbocycles. The number of nitrogens with one attached hydrogen (secondary N) is 1. The van der Waals surface area contributed by atoms with Crippen LogP contribution >= 0.6 is 23.2 Å². The SMILES string of the molecule is O=C(N/N=C/c1ccc(O)cc1)c1cc(Cl)ccc1Cl. The van der Waals surface area contributed by atoms with E-state index < -0.39 is 5.91 Å². The van der Waals surface area contributed by atoms with Crippen LogP contribution in [0.15, 0.2) is 47.6 Å². The average Bonchev–Trinajstić information content (AvgIpc) is 2.43. The fourth-order valence-corrected chi connectivity index (χ4v) is 1.83. The first-order chi connectivity index (χ1) is 9.56. The Balaban J connectivity index is 2.05. The lowest BCUT2D eigenvalue weighted by atomic mass is 10.2. The number of phenolic OH excluding ortho intramolecular Hbond substituents is 1. The van der Waals surface area contributed by atoms with E-state index in [4.69, 9.17) is 28.3 Å². The summed E-state index contributed by atoms with van der Waals surface area (Å²) in [5, 5.41) is 13.7. The standard InChI is InChI=1S/C14H10Cl2N2O2/c15-10-3-6-13(16)12(7-10)14(20)18-17-8-9-1-4-11(19)5-2-9/h1-8,19H,(H,18,20)/b17-8+. The minimum atomic E-state index is -0.451. The van der Waals surface area contributed by atoms with Crippen LogP contribution in [0.1, 0.15) is 15.9 Å². The molecule has 102 valence electrons. The van der Waals surface area contributed by atoms with Crippen LogP contribution in [-0.4, -0.2) is 17.2 Å². The number of hydrogen-bond donors (Lipinski definition) is 2. The molecule has 2 N–H and O–H groups in total. The first kappa shape index (κ1) is 14.4. The third-order valence-corrected chi connectivity index (χ3v) is 3.01. The normalized spacial score (nSPS) is 10.7. The van der Waals surface area contributed by atoms with Crippen LogP contribution in [0, 0.1) is 0 Å². The number of nitrogens with zero attached hydrogens (tertiary/aromatic N) is 1. The molecule has 0 aliphatic heterocycles. The molecule has 2 aromatic carbocycles. The van der Waals surface area contributed by atoms with Crippen molar-refractivity contribution in [1.29, 1.82) is 0 Å². The molecular formula is C14H10Cl2N2O2. The van der Waals surface area contributed by atoms with Gasteiger partial charge in [-0.2, -0.15) is 5.10 Å². The van der Waals surface area contributed by atoms with E-state index in [1.165, 1.54) is 24.4 Å². The van der Waals surface area contributed by atoms with E-state index in [0.29, 0.717) is 10.0 Å². The van der Waals surface area contributed by atoms with Gasteiger partial charge in [0.25, 0.3) is 5.91 Å². The highest BCUT2D eigenvalue weighted by Crippen LogP contribution is 2.20. The number of aromatic hydroxyl groups is 1. The Morgan fingerprint density at radius 2 is 1.85 bits per heavy atom. The van der Waals surface area contributed by atoms with Crippen molar-refractivity contribution in [3.8, 4) is 5.75 Å². The van der Waals surface area contributed by atoms with Crippen LogP contribution in [0.4, 0.5) is 0 Å². The molecule has 2 rings (SSSR count). The Morgan fingerprint density at radius 1 is 1.15 bits per heavy atom. The van der Waals surface area contributed by atoms with Gasteiger partial charge in [0, 0.05) is 5.02 Å². The van der Waals surface area contributed by atoms with Crippen molar-refractivity contribution in [2.75, 3.05) is 0 Å². The molecule has 0 bridgehead atoms. The molecule has 6 heteroatoms. The molecule has 0 saturated carbocycles. The minimum absolute atomic E-state index is 0.164. The molecule has 0 aromatic heterocycles. The Labute approximate surface area is 125 Å². The molecule has 0 saturated heterocycles. The Morgan fingerprint density at radius 3 is 2.55 bits per heavy atom. The lowest BCUT2D eigenvalue weighted by molar-refractivity contribution is 0.0955. The number of benzene rings is 2. The second-order valence-corrected chi connectivity index (χ2v) is 4.76. The first-order valence-corrected chi connectivity index (χ1v) is 6.39. The molecule has 0 fully saturated rings. The van der Waals surface area contributed by atoms with E-state index in [9.17, 15) is 4.79 Å². The maximum atomic E-state index is 11.9. The summed E-state index contributed by atoms with van der Waals surface area (Å²) in [7, 11) is 0. The first-order valence-electron chi connectivity index (χ1n) is 5.64. The van der Waals surface area contributed by atoms with Crippen LogP contribution in [-0.2, 0) is 0 Å². The van der Waals surface area contributed by atoms with Gasteiger partial charge >= 0.3 is 0 Å². The lowest BCUT2D eigenvalue weighted by Crippen LogP contribution is -2.18. The fraction of sp³-hybridized carbons (Fsp3) is 0. The Bertz CT molecular complexity index is 655. The van der Waals surface area contributed by atoms with E-state index in [1.54, 1.807) is 24.3 Å². The highest BCUT2D eigenvalue weighted by Gasteiger charge is 2.09. The molecule has 0 radical (unpaired) electrons. The van der Waals surface area contributed by atoms with Crippen LogP contribution < -0.4 is 5.43 Å². The average molecular weight is 309 g/mol. The molecular weight excluding hydrogens is 299 g/mol. The monoisotopic (exact) mass is 308 g/mol. The topological polar surface area (TPSA) is 61.7 Å². The zero-order chi connectivity index (χ0) is 14.5. The van der Waals surface area contributed by atoms with E-state index >= 15 is 0 Å². The van der Waals surface area contributed by atoms with Gasteiger partial charge in [-0.15, -0.1) is 0 Å². The zero-order valence-corrected chi connectivity index (χ0v) is 11.7. The van der Waals surface area contributed by atoms with Crippen molar-refractivity contribution >= 4 is 35.3 Å². The molecule has 0 atom stereocenters. The summed E-state index contributed by atoms with van der Waals surface area (Å²) < 4.78 is 0. The van der Waals surface area contributed by atoms with Crippen molar-refractivity contribution in [1.82, 2.24) is 5.43 Å². The van der Waals surface area contributed by atoms with Crippen LogP contribution in [0.3, 0.4) is 0 Å². The zero-order valence-electron chi connectivity index (χ0n) is 10.2. The number of carbonyl (C=O) groups is 1. The molecule has 4 nitrogen and oxygen atoms in total. The quantitative estimate of drug-likeness (QED) is 0.674. The summed E-state index contributed by atoms with van der Waals surface area (Å²) in [5.74, 6) is -0.288. The summed E-state index contributed by atoms with van der Waals surface area (Å²) in [6, 6.07) is 11.0. The predicted molar refractivity (Wildman–Crippen MR) is 79.6 cm³/mol. The highest BCUT2D eigenvalue weighted by molar-refractivity contribution is 6.35. The summed E-state index contributed by atoms with van der Waals surface area (Å²) in [4.78, 5) is 11.9. The van der Waals surface area contributed by atoms with Gasteiger partial charge in [-0.05, 0) is 48.0 Å². The number of hydrogen-bond acceptors (Lipinski definition) is 3. The molecule has 0 unspecified atom stereocenters. The number of carbonyl (C=O) groups excluding carboxylic acids is 1. The van der Waals surface area contributed by atoms with Crippen molar-refractivity contribution < 1.29 is 9.90 Å². The summed E-state index contributed by atoms with van der Waals surface area (Å²) in [6.45, 7) is 0. The van der Waals surface area contributed by atoms with Gasteiger partial charge in [0.05, 0.1) is 16.8 Å². The van der Waals surface area contributed by atoms with Gasteiger partial charge < -0.3 is 5.11 Å². The molecule has 20 heavy (non-hydrogen) atoms. The Kier molecular flexibility index (Phi) is 4.61. The van der Waals surface area contributed by atoms with Crippen LogP contribution in [0.25, 0.3) is 0 Å². The minimum Gasteiger partial charge on any atom is -0.508 e.